The van der Waals surface area contributed by atoms with Crippen LogP contribution >= 0.6 is 0 Å². The third-order valence-electron chi connectivity index (χ3n) is 0. The summed E-state index contributed by atoms with van der Waals surface area (Å²) in [5.74, 6) is 0. The van der Waals surface area contributed by atoms with Gasteiger partial charge in [0.25, 0.3) is 12.9 Å². The monoisotopic (exact) mass is 174 g/mol. The van der Waals surface area contributed by atoms with Gasteiger partial charge in [-0.2, -0.15) is 0 Å². The first-order chi connectivity index (χ1) is 2.83. The topological polar surface area (TPSA) is 106 Å². The maximum Gasteiger partial charge on any atom is 0.290 e. The first-order valence-electron chi connectivity index (χ1n) is 0.988. The molecule has 5 nitrogen and oxygen atoms in total. The number of carbonyl (C=O) groups is 2. The third kappa shape index (κ3) is 497. The van der Waals surface area contributed by atoms with Crippen LogP contribution < -0.4 is 0 Å². The van der Waals surface area contributed by atoms with Crippen molar-refractivity contribution in [2.45, 2.75) is 0 Å². The fourth-order valence-electron chi connectivity index (χ4n) is 0. The summed E-state index contributed by atoms with van der Waals surface area (Å²) < 4.78 is 0. The Labute approximate surface area is 58.4 Å². The molecule has 0 spiro atoms. The zero-order chi connectivity index (χ0) is 5.41. The summed E-state index contributed by atoms with van der Waals surface area (Å²) in [7, 11) is 0. The Morgan fingerprint density at radius 1 is 1.00 bits per heavy atom. The zero-order valence-corrected chi connectivity index (χ0v) is 7.04. The van der Waals surface area contributed by atoms with Crippen molar-refractivity contribution in [3.05, 3.63) is 0 Å². The van der Waals surface area contributed by atoms with Crippen molar-refractivity contribution >= 4 is 12.9 Å². The largest absolute Gasteiger partial charge is 0.483 e. The minimum Gasteiger partial charge on any atom is -0.483 e. The van der Waals surface area contributed by atoms with Crippen LogP contribution in [0.4, 0.5) is 0 Å². The molecule has 46 valence electrons. The molecule has 8 heavy (non-hydrogen) atoms. The number of rotatable bonds is 0. The third-order valence-corrected chi connectivity index (χ3v) is 0. The second-order valence-electron chi connectivity index (χ2n) is 0.211. The Bertz CT molecular complexity index is 31.4. The van der Waals surface area contributed by atoms with Crippen molar-refractivity contribution in [1.82, 2.24) is 0 Å². The van der Waals surface area contributed by atoms with Crippen LogP contribution in [-0.4, -0.2) is 28.6 Å². The molecule has 0 atom stereocenters. The van der Waals surface area contributed by atoms with E-state index >= 15 is 0 Å². The van der Waals surface area contributed by atoms with Crippen molar-refractivity contribution in [2.75, 3.05) is 0 Å². The van der Waals surface area contributed by atoms with Crippen molar-refractivity contribution in [3.8, 4) is 0 Å². The molecule has 0 saturated carbocycles. The Kier molecular flexibility index (Phi) is 276. The number of hydrogen-bond acceptors (Lipinski definition) is 2. The number of hydrogen-bond donors (Lipinski definition) is 2. The molecule has 6 heteroatoms. The van der Waals surface area contributed by atoms with Crippen molar-refractivity contribution in [2.24, 2.45) is 0 Å². The van der Waals surface area contributed by atoms with Gasteiger partial charge in [-0.1, -0.05) is 0 Å². The van der Waals surface area contributed by atoms with Gasteiger partial charge in [0.2, 0.25) is 0 Å². The molecule has 0 aliphatic carbocycles. The Morgan fingerprint density at radius 2 is 1.00 bits per heavy atom. The van der Waals surface area contributed by atoms with Crippen LogP contribution in [0, 0.1) is 0 Å². The van der Waals surface area contributed by atoms with E-state index in [9.17, 15) is 0 Å². The van der Waals surface area contributed by atoms with Crippen LogP contribution in [-0.2, 0) is 29.1 Å². The van der Waals surface area contributed by atoms with Crippen LogP contribution in [0.3, 0.4) is 0 Å². The second kappa shape index (κ2) is 85.8. The molecule has 0 aromatic rings. The van der Waals surface area contributed by atoms with Gasteiger partial charge in [0, 0.05) is 19.5 Å². The van der Waals surface area contributed by atoms with Gasteiger partial charge in [0.05, 0.1) is 0 Å². The maximum atomic E-state index is 8.36. The van der Waals surface area contributed by atoms with Crippen LogP contribution in [0.1, 0.15) is 0 Å². The van der Waals surface area contributed by atoms with Gasteiger partial charge in [0.15, 0.2) is 0 Å². The van der Waals surface area contributed by atoms with E-state index in [0.717, 1.165) is 0 Å². The Hall–Kier alpha value is -0.477. The minimum atomic E-state index is -0.250. The van der Waals surface area contributed by atoms with Gasteiger partial charge in [-0.15, -0.1) is 0 Å². The minimum absolute atomic E-state index is 0. The second-order valence-corrected chi connectivity index (χ2v) is 0.211. The van der Waals surface area contributed by atoms with E-state index in [4.69, 9.17) is 19.8 Å². The van der Waals surface area contributed by atoms with E-state index in [0.29, 0.717) is 0 Å². The maximum absolute atomic E-state index is 8.36. The van der Waals surface area contributed by atoms with Gasteiger partial charge in [-0.25, -0.2) is 0 Å². The molecular formula is C2H6O5Zn. The Balaban J connectivity index is -0.0000000160. The normalized spacial score (nSPS) is 3.00. The molecule has 0 heterocycles. The van der Waals surface area contributed by atoms with Crippen molar-refractivity contribution in [1.29, 1.82) is 0 Å². The van der Waals surface area contributed by atoms with Gasteiger partial charge < -0.3 is 15.7 Å². The molecule has 0 amide bonds. The predicted molar refractivity (Wildman–Crippen MR) is 21.0 cm³/mol. The van der Waals surface area contributed by atoms with Crippen LogP contribution in [0.25, 0.3) is 0 Å². The molecule has 0 bridgehead atoms. The molecule has 0 aliphatic rings. The first-order valence-corrected chi connectivity index (χ1v) is 0.988. The molecule has 0 saturated heterocycles. The summed E-state index contributed by atoms with van der Waals surface area (Å²) in [6.45, 7) is -0.500. The van der Waals surface area contributed by atoms with Crippen LogP contribution in [0.2, 0.25) is 0 Å². The summed E-state index contributed by atoms with van der Waals surface area (Å²) in [4.78, 5) is 16.7. The standard InChI is InChI=1S/2CH2O2.H2O.Zn/c2*2-1-3;;/h2*1H,(H,2,3);1H2;. The summed E-state index contributed by atoms with van der Waals surface area (Å²) >= 11 is 0. The molecule has 0 aromatic heterocycles. The van der Waals surface area contributed by atoms with Gasteiger partial charge in [-0.05, 0) is 0 Å². The van der Waals surface area contributed by atoms with Gasteiger partial charge >= 0.3 is 0 Å². The molecule has 0 fully saturated rings. The summed E-state index contributed by atoms with van der Waals surface area (Å²) in [5.41, 5.74) is 0. The van der Waals surface area contributed by atoms with E-state index in [-0.39, 0.29) is 37.9 Å². The van der Waals surface area contributed by atoms with E-state index in [2.05, 4.69) is 0 Å². The van der Waals surface area contributed by atoms with Crippen molar-refractivity contribution in [3.63, 3.8) is 0 Å². The fraction of sp³-hybridized carbons (Fsp3) is 0. The average Bonchev–Trinajstić information content (AvgIpc) is 1.39. The molecule has 0 aliphatic heterocycles. The number of carboxylic acid groups (broad SMARTS) is 2. The molecular weight excluding hydrogens is 169 g/mol. The van der Waals surface area contributed by atoms with Crippen LogP contribution in [0.15, 0.2) is 0 Å². The molecule has 4 N–H and O–H groups in total. The van der Waals surface area contributed by atoms with Gasteiger partial charge in [-0.3, -0.25) is 9.59 Å². The zero-order valence-electron chi connectivity index (χ0n) is 4.07. The Morgan fingerprint density at radius 3 is 1.00 bits per heavy atom. The molecule has 0 rings (SSSR count). The quantitative estimate of drug-likeness (QED) is 0.348. The van der Waals surface area contributed by atoms with E-state index in [1.807, 2.05) is 0 Å². The molecule has 0 aromatic carbocycles. The fourth-order valence-corrected chi connectivity index (χ4v) is 0. The SMILES string of the molecule is O.O=CO.O=CO.[Zn]. The summed E-state index contributed by atoms with van der Waals surface area (Å²) in [5, 5.41) is 13.8. The van der Waals surface area contributed by atoms with Crippen LogP contribution in [0.5, 0.6) is 0 Å². The van der Waals surface area contributed by atoms with Gasteiger partial charge in [0.1, 0.15) is 0 Å². The van der Waals surface area contributed by atoms with Crippen molar-refractivity contribution < 1.29 is 44.8 Å². The average molecular weight is 175 g/mol. The van der Waals surface area contributed by atoms with E-state index in [1.54, 1.807) is 0 Å². The summed E-state index contributed by atoms with van der Waals surface area (Å²) in [6.07, 6.45) is 0. The first kappa shape index (κ1) is 25.8. The smallest absolute Gasteiger partial charge is 0.290 e. The predicted octanol–water partition coefficient (Wildman–Crippen LogP) is -1.43. The van der Waals surface area contributed by atoms with E-state index in [1.165, 1.54) is 0 Å². The molecule has 0 radical (unpaired) electrons. The van der Waals surface area contributed by atoms with E-state index < -0.39 is 0 Å². The summed E-state index contributed by atoms with van der Waals surface area (Å²) in [6, 6.07) is 0. The molecule has 0 unspecified atom stereocenters.